The first kappa shape index (κ1) is 24.1. The Bertz CT molecular complexity index is 601. The zero-order valence-corrected chi connectivity index (χ0v) is 16.8. The van der Waals surface area contributed by atoms with Gasteiger partial charge in [0.05, 0.1) is 23.3 Å². The Morgan fingerprint density at radius 2 is 1.08 bits per heavy atom. The number of ether oxygens (including phenoxy) is 2. The number of rotatable bonds is 8. The minimum absolute atomic E-state index is 0. The molecule has 0 radical (unpaired) electrons. The molecule has 6 N–H and O–H groups in total. The summed E-state index contributed by atoms with van der Waals surface area (Å²) >= 11 is 12.2. The quantitative estimate of drug-likeness (QED) is 0.452. The molecule has 0 saturated carbocycles. The monoisotopic (exact) mass is 426 g/mol. The summed E-state index contributed by atoms with van der Waals surface area (Å²) in [5.74, 6) is 1.41. The third-order valence-corrected chi connectivity index (χ3v) is 3.89. The Kier molecular flexibility index (Phi) is 12.0. The van der Waals surface area contributed by atoms with Gasteiger partial charge in [-0.1, -0.05) is 23.2 Å². The predicted molar refractivity (Wildman–Crippen MR) is 92.8 cm³/mol. The van der Waals surface area contributed by atoms with Gasteiger partial charge in [-0.25, -0.2) is 0 Å². The Morgan fingerprint density at radius 1 is 0.680 bits per heavy atom. The summed E-state index contributed by atoms with van der Waals surface area (Å²) in [6.45, 7) is 1.26. The Hall–Kier alpha value is -0.880. The maximum absolute atomic E-state index is 6.08. The lowest BCUT2D eigenvalue weighted by Gasteiger charge is -2.09. The van der Waals surface area contributed by atoms with Crippen molar-refractivity contribution < 1.29 is 45.8 Å². The van der Waals surface area contributed by atoms with Gasteiger partial charge in [-0.05, 0) is 31.4 Å². The zero-order valence-electron chi connectivity index (χ0n) is 13.7. The maximum Gasteiger partial charge on any atom is 0.138 e. The van der Waals surface area contributed by atoms with Crippen molar-refractivity contribution in [1.29, 1.82) is 0 Å². The van der Waals surface area contributed by atoms with Crippen molar-refractivity contribution in [1.82, 2.24) is 0 Å². The Morgan fingerprint density at radius 3 is 1.44 bits per heavy atom. The molecule has 0 spiro atoms. The summed E-state index contributed by atoms with van der Waals surface area (Å²) in [6.07, 6.45) is 2.89. The highest BCUT2D eigenvalue weighted by Gasteiger charge is 2.04. The molecular weight excluding hydrogens is 406 g/mol. The fraction of sp³-hybridized carbons (Fsp3) is 0.294. The first-order valence-electron chi connectivity index (χ1n) is 7.55. The molecule has 0 amide bonds. The van der Waals surface area contributed by atoms with Gasteiger partial charge >= 0.3 is 0 Å². The fourth-order valence-electron chi connectivity index (χ4n) is 2.07. The predicted octanol–water partition coefficient (Wildman–Crippen LogP) is -2.62. The van der Waals surface area contributed by atoms with Gasteiger partial charge in [-0.2, -0.15) is 0 Å². The van der Waals surface area contributed by atoms with Gasteiger partial charge < -0.3 is 45.8 Å². The third-order valence-electron chi connectivity index (χ3n) is 3.30. The number of halogens is 4. The van der Waals surface area contributed by atoms with Crippen LogP contribution in [-0.2, 0) is 0 Å². The lowest BCUT2D eigenvalue weighted by Crippen LogP contribution is -3.00. The maximum atomic E-state index is 6.08. The second-order valence-electron chi connectivity index (χ2n) is 5.29. The zero-order chi connectivity index (χ0) is 16.7. The van der Waals surface area contributed by atoms with Gasteiger partial charge in [0.15, 0.2) is 0 Å². The largest absolute Gasteiger partial charge is 1.00 e. The van der Waals surface area contributed by atoms with Gasteiger partial charge in [0, 0.05) is 24.3 Å². The van der Waals surface area contributed by atoms with Crippen LogP contribution in [-0.4, -0.2) is 13.2 Å². The van der Waals surface area contributed by atoms with E-state index in [0.717, 1.165) is 30.6 Å². The van der Waals surface area contributed by atoms with Crippen LogP contribution in [0.15, 0.2) is 36.4 Å². The number of quaternary nitrogens is 2. The molecule has 0 heterocycles. The van der Waals surface area contributed by atoms with E-state index in [1.54, 1.807) is 12.1 Å². The van der Waals surface area contributed by atoms with Crippen molar-refractivity contribution in [3.8, 4) is 11.5 Å². The van der Waals surface area contributed by atoms with Crippen molar-refractivity contribution in [2.45, 2.75) is 19.3 Å². The summed E-state index contributed by atoms with van der Waals surface area (Å²) < 4.78 is 11.3. The molecule has 0 fully saturated rings. The minimum atomic E-state index is 0. The molecule has 2 aromatic rings. The average molecular weight is 428 g/mol. The molecule has 25 heavy (non-hydrogen) atoms. The molecule has 2 aromatic carbocycles. The fourth-order valence-corrected chi connectivity index (χ4v) is 2.58. The van der Waals surface area contributed by atoms with Crippen LogP contribution in [0.5, 0.6) is 11.5 Å². The Balaban J connectivity index is 0.00000288. The average Bonchev–Trinajstić information content (AvgIpc) is 2.50. The van der Waals surface area contributed by atoms with Gasteiger partial charge in [-0.3, -0.25) is 0 Å². The van der Waals surface area contributed by atoms with Crippen LogP contribution in [0.2, 0.25) is 10.0 Å². The molecule has 0 aliphatic rings. The van der Waals surface area contributed by atoms with Crippen molar-refractivity contribution >= 4 is 34.6 Å². The SMILES string of the molecule is [Cl-].[Cl-].[NH3+]c1ccc(OCCCCCOc2ccc([NH3+])cc2Cl)c(Cl)c1. The van der Waals surface area contributed by atoms with E-state index in [9.17, 15) is 0 Å². The molecule has 0 aliphatic heterocycles. The van der Waals surface area contributed by atoms with Crippen molar-refractivity contribution in [3.05, 3.63) is 46.4 Å². The van der Waals surface area contributed by atoms with Crippen LogP contribution >= 0.6 is 23.2 Å². The van der Waals surface area contributed by atoms with Crippen LogP contribution < -0.4 is 45.8 Å². The van der Waals surface area contributed by atoms with Crippen molar-refractivity contribution in [3.63, 3.8) is 0 Å². The highest BCUT2D eigenvalue weighted by molar-refractivity contribution is 6.32. The molecule has 0 unspecified atom stereocenters. The smallest absolute Gasteiger partial charge is 0.138 e. The summed E-state index contributed by atoms with van der Waals surface area (Å²) in [7, 11) is 0. The van der Waals surface area contributed by atoms with E-state index >= 15 is 0 Å². The number of hydrogen-bond donors (Lipinski definition) is 2. The van der Waals surface area contributed by atoms with Crippen LogP contribution in [0, 0.1) is 0 Å². The van der Waals surface area contributed by atoms with Crippen LogP contribution in [0.4, 0.5) is 11.4 Å². The topological polar surface area (TPSA) is 73.7 Å². The van der Waals surface area contributed by atoms with Gasteiger partial charge in [0.1, 0.15) is 22.9 Å². The van der Waals surface area contributed by atoms with E-state index in [-0.39, 0.29) is 24.8 Å². The lowest BCUT2D eigenvalue weighted by atomic mass is 10.2. The molecule has 140 valence electrons. The van der Waals surface area contributed by atoms with E-state index < -0.39 is 0 Å². The van der Waals surface area contributed by atoms with Crippen LogP contribution in [0.25, 0.3) is 0 Å². The molecule has 8 heteroatoms. The van der Waals surface area contributed by atoms with E-state index in [4.69, 9.17) is 32.7 Å². The molecule has 0 aliphatic carbocycles. The lowest BCUT2D eigenvalue weighted by molar-refractivity contribution is -0.255. The van der Waals surface area contributed by atoms with Gasteiger partial charge in [0.2, 0.25) is 0 Å². The first-order chi connectivity index (χ1) is 11.1. The van der Waals surface area contributed by atoms with E-state index in [0.29, 0.717) is 34.8 Å². The van der Waals surface area contributed by atoms with Crippen LogP contribution in [0.1, 0.15) is 19.3 Å². The normalized spacial score (nSPS) is 9.76. The van der Waals surface area contributed by atoms with Gasteiger partial charge in [0.25, 0.3) is 0 Å². The van der Waals surface area contributed by atoms with E-state index in [1.165, 1.54) is 0 Å². The molecule has 0 bridgehead atoms. The first-order valence-corrected chi connectivity index (χ1v) is 8.30. The van der Waals surface area contributed by atoms with Gasteiger partial charge in [-0.15, -0.1) is 0 Å². The third kappa shape index (κ3) is 8.36. The molecule has 0 atom stereocenters. The summed E-state index contributed by atoms with van der Waals surface area (Å²) in [6, 6.07) is 11.1. The summed E-state index contributed by atoms with van der Waals surface area (Å²) in [4.78, 5) is 0. The van der Waals surface area contributed by atoms with E-state index in [1.807, 2.05) is 24.3 Å². The minimum Gasteiger partial charge on any atom is -1.00 e. The summed E-state index contributed by atoms with van der Waals surface area (Å²) in [5, 5.41) is 1.20. The Labute approximate surface area is 170 Å². The molecule has 0 aromatic heterocycles. The van der Waals surface area contributed by atoms with Crippen LogP contribution in [0.3, 0.4) is 0 Å². The molecule has 4 nitrogen and oxygen atoms in total. The number of unbranched alkanes of at least 4 members (excludes halogenated alkanes) is 2. The molecular formula is C17H22Cl4N2O2. The second-order valence-corrected chi connectivity index (χ2v) is 6.10. The highest BCUT2D eigenvalue weighted by atomic mass is 35.5. The standard InChI is InChI=1S/C17H20Cl2N2O2.2ClH/c18-14-10-12(20)4-6-16(14)22-8-2-1-3-9-23-17-7-5-13(21)11-15(17)19;;/h4-7,10-11H,1-3,8-9,20-21H2;2*1H. The van der Waals surface area contributed by atoms with Crippen molar-refractivity contribution in [2.24, 2.45) is 0 Å². The second kappa shape index (κ2) is 12.5. The molecule has 0 saturated heterocycles. The summed E-state index contributed by atoms with van der Waals surface area (Å²) in [5.41, 5.74) is 9.40. The number of hydrogen-bond acceptors (Lipinski definition) is 2. The van der Waals surface area contributed by atoms with Crippen molar-refractivity contribution in [2.75, 3.05) is 13.2 Å². The molecule has 2 rings (SSSR count). The number of benzene rings is 2. The van der Waals surface area contributed by atoms with E-state index in [2.05, 4.69) is 11.5 Å². The highest BCUT2D eigenvalue weighted by Crippen LogP contribution is 2.27.